The minimum absolute atomic E-state index is 0.132. The fourth-order valence-corrected chi connectivity index (χ4v) is 4.77. The third kappa shape index (κ3) is 10.7. The summed E-state index contributed by atoms with van der Waals surface area (Å²) in [5, 5.41) is 5.89. The Morgan fingerprint density at radius 2 is 1.79 bits per heavy atom. The Morgan fingerprint density at radius 1 is 1.05 bits per heavy atom. The summed E-state index contributed by atoms with van der Waals surface area (Å²) in [5.74, 6) is -0.575. The van der Waals surface area contributed by atoms with Crippen LogP contribution in [0.25, 0.3) is 0 Å². The second-order valence-electron chi connectivity index (χ2n) is 10.6. The van der Waals surface area contributed by atoms with Crippen molar-refractivity contribution in [1.29, 1.82) is 0 Å². The number of amides is 3. The van der Waals surface area contributed by atoms with Crippen LogP contribution < -0.4 is 21.1 Å². The van der Waals surface area contributed by atoms with Crippen LogP contribution in [0.2, 0.25) is 0 Å². The predicted molar refractivity (Wildman–Crippen MR) is 153 cm³/mol. The van der Waals surface area contributed by atoms with Gasteiger partial charge in [0.15, 0.2) is 0 Å². The average molecular weight is 537 g/mol. The summed E-state index contributed by atoms with van der Waals surface area (Å²) in [6.45, 7) is 7.06. The second-order valence-corrected chi connectivity index (χ2v) is 10.6. The average Bonchev–Trinajstić information content (AvgIpc) is 2.94. The van der Waals surface area contributed by atoms with Crippen molar-refractivity contribution in [3.8, 4) is 5.75 Å². The van der Waals surface area contributed by atoms with E-state index in [-0.39, 0.29) is 18.2 Å². The number of piperidine rings is 1. The van der Waals surface area contributed by atoms with Crippen LogP contribution >= 0.6 is 0 Å². The van der Waals surface area contributed by atoms with Crippen LogP contribution in [0.3, 0.4) is 0 Å². The van der Waals surface area contributed by atoms with Gasteiger partial charge in [-0.25, -0.2) is 0 Å². The highest BCUT2D eigenvalue weighted by Crippen LogP contribution is 2.17. The molecule has 0 radical (unpaired) electrons. The first-order valence-electron chi connectivity index (χ1n) is 14.2. The van der Waals surface area contributed by atoms with E-state index >= 15 is 0 Å². The lowest BCUT2D eigenvalue weighted by atomic mass is 10.0. The molecule has 0 saturated carbocycles. The van der Waals surface area contributed by atoms with Crippen molar-refractivity contribution in [1.82, 2.24) is 15.5 Å². The minimum Gasteiger partial charge on any atom is -0.489 e. The first-order chi connectivity index (χ1) is 18.8. The van der Waals surface area contributed by atoms with Crippen LogP contribution in [0.5, 0.6) is 5.75 Å². The molecule has 2 aromatic rings. The molecular formula is C31H44N4O4. The molecule has 3 atom stereocenters. The smallest absolute Gasteiger partial charge is 0.242 e. The predicted octanol–water partition coefficient (Wildman–Crippen LogP) is 3.58. The molecule has 1 saturated heterocycles. The van der Waals surface area contributed by atoms with Crippen molar-refractivity contribution >= 4 is 17.7 Å². The molecule has 39 heavy (non-hydrogen) atoms. The molecule has 2 aromatic carbocycles. The maximum Gasteiger partial charge on any atom is 0.242 e. The van der Waals surface area contributed by atoms with Crippen molar-refractivity contribution in [2.75, 3.05) is 19.6 Å². The molecule has 3 unspecified atom stereocenters. The largest absolute Gasteiger partial charge is 0.489 e. The van der Waals surface area contributed by atoms with Gasteiger partial charge in [-0.15, -0.1) is 0 Å². The molecule has 1 aliphatic heterocycles. The van der Waals surface area contributed by atoms with Gasteiger partial charge in [0.2, 0.25) is 17.7 Å². The lowest BCUT2D eigenvalue weighted by Crippen LogP contribution is -2.48. The zero-order valence-corrected chi connectivity index (χ0v) is 23.4. The van der Waals surface area contributed by atoms with Gasteiger partial charge in [-0.3, -0.25) is 14.4 Å². The van der Waals surface area contributed by atoms with Crippen LogP contribution in [-0.2, 0) is 27.4 Å². The Hall–Kier alpha value is -3.39. The van der Waals surface area contributed by atoms with Gasteiger partial charge in [-0.2, -0.15) is 0 Å². The summed E-state index contributed by atoms with van der Waals surface area (Å²) < 4.78 is 5.87. The zero-order valence-electron chi connectivity index (χ0n) is 23.4. The second kappa shape index (κ2) is 15.9. The fourth-order valence-electron chi connectivity index (χ4n) is 4.77. The molecule has 0 bridgehead atoms. The Kier molecular flexibility index (Phi) is 12.3. The molecule has 8 heteroatoms. The van der Waals surface area contributed by atoms with E-state index in [1.54, 1.807) is 6.92 Å². The summed E-state index contributed by atoms with van der Waals surface area (Å²) in [5.41, 5.74) is 7.32. The molecule has 1 aliphatic rings. The molecule has 0 aliphatic carbocycles. The number of carbonyl (C=O) groups excluding carboxylic acids is 3. The van der Waals surface area contributed by atoms with E-state index in [9.17, 15) is 14.4 Å². The molecule has 0 spiro atoms. The number of hydrogen-bond acceptors (Lipinski definition) is 5. The van der Waals surface area contributed by atoms with E-state index in [0.29, 0.717) is 32.0 Å². The Morgan fingerprint density at radius 3 is 2.49 bits per heavy atom. The normalized spacial score (nSPS) is 17.1. The Labute approximate surface area is 232 Å². The number of ether oxygens (including phenoxy) is 1. The zero-order chi connectivity index (χ0) is 28.0. The van der Waals surface area contributed by atoms with Gasteiger partial charge in [0.05, 0.1) is 0 Å². The highest BCUT2D eigenvalue weighted by molar-refractivity contribution is 5.88. The lowest BCUT2D eigenvalue weighted by Gasteiger charge is -2.33. The number of benzene rings is 2. The highest BCUT2D eigenvalue weighted by Gasteiger charge is 2.23. The van der Waals surface area contributed by atoms with Crippen molar-refractivity contribution in [3.05, 3.63) is 65.7 Å². The summed E-state index contributed by atoms with van der Waals surface area (Å²) in [4.78, 5) is 39.6. The van der Waals surface area contributed by atoms with Gasteiger partial charge in [0.1, 0.15) is 18.4 Å². The highest BCUT2D eigenvalue weighted by atomic mass is 16.5. The third-order valence-electron chi connectivity index (χ3n) is 7.42. The van der Waals surface area contributed by atoms with Gasteiger partial charge in [-0.05, 0) is 62.4 Å². The standard InChI is InChI=1S/C31H44N4O4/c1-23(30(32)37)12-17-29(36)34-28(31(38)33-18-8-20-35-19-7-6-9-24(35)2)21-25-13-15-27(16-14-25)39-22-26-10-4-3-5-11-26/h3-5,10-11,13-16,23-24,28H,6-9,12,17-22H2,1-2H3,(H2,32,37)(H,33,38)(H,34,36). The Bertz CT molecular complexity index is 1040. The molecule has 8 nitrogen and oxygen atoms in total. The van der Waals surface area contributed by atoms with E-state index in [4.69, 9.17) is 10.5 Å². The van der Waals surface area contributed by atoms with Gasteiger partial charge in [-0.1, -0.05) is 55.8 Å². The van der Waals surface area contributed by atoms with Crippen molar-refractivity contribution in [2.24, 2.45) is 11.7 Å². The summed E-state index contributed by atoms with van der Waals surface area (Å²) in [6, 6.07) is 17.4. The molecule has 4 N–H and O–H groups in total. The van der Waals surface area contributed by atoms with E-state index in [2.05, 4.69) is 22.5 Å². The third-order valence-corrected chi connectivity index (χ3v) is 7.42. The first kappa shape index (κ1) is 30.2. The van der Waals surface area contributed by atoms with Crippen LogP contribution in [0.15, 0.2) is 54.6 Å². The van der Waals surface area contributed by atoms with E-state index in [0.717, 1.165) is 36.4 Å². The first-order valence-corrected chi connectivity index (χ1v) is 14.2. The van der Waals surface area contributed by atoms with E-state index in [1.807, 2.05) is 54.6 Å². The maximum atomic E-state index is 13.1. The van der Waals surface area contributed by atoms with Crippen molar-refractivity contribution < 1.29 is 19.1 Å². The molecule has 212 valence electrons. The lowest BCUT2D eigenvalue weighted by molar-refractivity contribution is -0.129. The number of carbonyl (C=O) groups is 3. The number of nitrogens with one attached hydrogen (secondary N) is 2. The molecule has 3 rings (SSSR count). The molecule has 0 aromatic heterocycles. The molecule has 1 fully saturated rings. The van der Waals surface area contributed by atoms with E-state index in [1.165, 1.54) is 19.3 Å². The number of nitrogens with zero attached hydrogens (tertiary/aromatic N) is 1. The van der Waals surface area contributed by atoms with E-state index < -0.39 is 17.9 Å². The minimum atomic E-state index is -0.716. The summed E-state index contributed by atoms with van der Waals surface area (Å²) >= 11 is 0. The quantitative estimate of drug-likeness (QED) is 0.301. The monoisotopic (exact) mass is 536 g/mol. The van der Waals surface area contributed by atoms with Gasteiger partial charge in [0, 0.05) is 37.9 Å². The molecule has 3 amide bonds. The van der Waals surface area contributed by atoms with Gasteiger partial charge < -0.3 is 26.0 Å². The Balaban J connectivity index is 1.54. The van der Waals surface area contributed by atoms with Crippen molar-refractivity contribution in [3.63, 3.8) is 0 Å². The van der Waals surface area contributed by atoms with Crippen LogP contribution in [-0.4, -0.2) is 54.3 Å². The maximum absolute atomic E-state index is 13.1. The summed E-state index contributed by atoms with van der Waals surface area (Å²) in [7, 11) is 0. The van der Waals surface area contributed by atoms with Crippen LogP contribution in [0, 0.1) is 5.92 Å². The van der Waals surface area contributed by atoms with Crippen LogP contribution in [0.4, 0.5) is 0 Å². The number of rotatable bonds is 15. The van der Waals surface area contributed by atoms with Gasteiger partial charge in [0.25, 0.3) is 0 Å². The number of hydrogen-bond donors (Lipinski definition) is 3. The topological polar surface area (TPSA) is 114 Å². The summed E-state index contributed by atoms with van der Waals surface area (Å²) in [6.07, 6.45) is 5.43. The molecular weight excluding hydrogens is 492 g/mol. The number of likely N-dealkylation sites (tertiary alicyclic amines) is 1. The molecule has 1 heterocycles. The van der Waals surface area contributed by atoms with Gasteiger partial charge >= 0.3 is 0 Å². The van der Waals surface area contributed by atoms with Crippen molar-refractivity contribution in [2.45, 2.75) is 77.5 Å². The number of nitrogens with two attached hydrogens (primary N) is 1. The number of primary amides is 1. The fraction of sp³-hybridized carbons (Fsp3) is 0.516. The van der Waals surface area contributed by atoms with Crippen LogP contribution in [0.1, 0.15) is 63.5 Å². The SMILES string of the molecule is CC(CCC(=O)NC(Cc1ccc(OCc2ccccc2)cc1)C(=O)NCCCN1CCCCC1C)C(N)=O.